The fourth-order valence-electron chi connectivity index (χ4n) is 1.02. The van der Waals surface area contributed by atoms with Crippen LogP contribution >= 0.6 is 27.5 Å². The Morgan fingerprint density at radius 3 is 3.15 bits per heavy atom. The van der Waals surface area contributed by atoms with Crippen molar-refractivity contribution in [1.29, 1.82) is 0 Å². The van der Waals surface area contributed by atoms with Crippen LogP contribution in [0.25, 0.3) is 21.3 Å². The second kappa shape index (κ2) is 3.33. The number of nitrogens with zero attached hydrogens (tertiary/aromatic N) is 4. The zero-order chi connectivity index (χ0) is 9.26. The Kier molecular flexibility index (Phi) is 2.18. The average molecular weight is 255 g/mol. The molecule has 64 valence electrons. The van der Waals surface area contributed by atoms with Crippen molar-refractivity contribution in [2.45, 2.75) is 0 Å². The number of azide groups is 1. The van der Waals surface area contributed by atoms with Gasteiger partial charge in [0.05, 0.1) is 5.52 Å². The van der Waals surface area contributed by atoms with Crippen LogP contribution in [0, 0.1) is 0 Å². The average Bonchev–Trinajstić information content (AvgIpc) is 2.49. The summed E-state index contributed by atoms with van der Waals surface area (Å²) in [6, 6.07) is 5.67. The molecule has 0 saturated heterocycles. The van der Waals surface area contributed by atoms with E-state index in [9.17, 15) is 0 Å². The minimum Gasteiger partial charge on any atom is -0.192 e. The Morgan fingerprint density at radius 1 is 1.54 bits per heavy atom. The van der Waals surface area contributed by atoms with Gasteiger partial charge in [-0.2, -0.15) is 4.37 Å². The highest BCUT2D eigenvalue weighted by atomic mass is 79.9. The van der Waals surface area contributed by atoms with E-state index >= 15 is 0 Å². The molecule has 0 spiro atoms. The first-order valence-corrected chi connectivity index (χ1v) is 4.98. The minimum absolute atomic E-state index is 0.616. The maximum atomic E-state index is 8.28. The maximum Gasteiger partial charge on any atom is 0.119 e. The Labute approximate surface area is 86.1 Å². The minimum atomic E-state index is 0.616. The molecular formula is C7H3BrN4S. The highest BCUT2D eigenvalue weighted by Gasteiger charge is 2.03. The largest absolute Gasteiger partial charge is 0.192 e. The summed E-state index contributed by atoms with van der Waals surface area (Å²) in [5.74, 6) is 0. The molecule has 2 aromatic rings. The van der Waals surface area contributed by atoms with Gasteiger partial charge in [-0.05, 0) is 34.3 Å². The quantitative estimate of drug-likeness (QED) is 0.431. The predicted octanol–water partition coefficient (Wildman–Crippen LogP) is 4.00. The molecule has 0 amide bonds. The second-order valence-electron chi connectivity index (χ2n) is 2.34. The van der Waals surface area contributed by atoms with Crippen molar-refractivity contribution in [3.8, 4) is 0 Å². The SMILES string of the molecule is [N-]=[N+]=Nc1snc2cc(Br)ccc12. The van der Waals surface area contributed by atoms with Gasteiger partial charge in [0.2, 0.25) is 0 Å². The van der Waals surface area contributed by atoms with Gasteiger partial charge in [-0.3, -0.25) is 0 Å². The standard InChI is InChI=1S/C7H3BrN4S/c8-4-1-2-5-6(3-4)11-13-7(5)10-12-9/h1-3H. The third-order valence-corrected chi connectivity index (χ3v) is 2.81. The van der Waals surface area contributed by atoms with Crippen LogP contribution in [0.1, 0.15) is 0 Å². The lowest BCUT2D eigenvalue weighted by atomic mass is 10.2. The Hall–Kier alpha value is -1.10. The summed E-state index contributed by atoms with van der Waals surface area (Å²) < 4.78 is 5.12. The van der Waals surface area contributed by atoms with Crippen LogP contribution in [0.5, 0.6) is 0 Å². The summed E-state index contributed by atoms with van der Waals surface area (Å²) in [7, 11) is 0. The third-order valence-electron chi connectivity index (χ3n) is 1.56. The molecule has 2 rings (SSSR count). The Morgan fingerprint density at radius 2 is 2.38 bits per heavy atom. The molecule has 0 bridgehead atoms. The lowest BCUT2D eigenvalue weighted by Gasteiger charge is -1.89. The topological polar surface area (TPSA) is 61.7 Å². The van der Waals surface area contributed by atoms with Crippen molar-refractivity contribution in [2.24, 2.45) is 5.11 Å². The van der Waals surface area contributed by atoms with Gasteiger partial charge < -0.3 is 0 Å². The number of halogens is 1. The van der Waals surface area contributed by atoms with E-state index in [1.165, 1.54) is 11.5 Å². The van der Waals surface area contributed by atoms with Crippen molar-refractivity contribution in [1.82, 2.24) is 4.37 Å². The zero-order valence-corrected chi connectivity index (χ0v) is 8.71. The van der Waals surface area contributed by atoms with E-state index in [4.69, 9.17) is 5.53 Å². The van der Waals surface area contributed by atoms with Crippen LogP contribution in [0.15, 0.2) is 27.8 Å². The van der Waals surface area contributed by atoms with E-state index in [0.29, 0.717) is 5.00 Å². The van der Waals surface area contributed by atoms with E-state index < -0.39 is 0 Å². The van der Waals surface area contributed by atoms with Crippen molar-refractivity contribution in [3.63, 3.8) is 0 Å². The van der Waals surface area contributed by atoms with Crippen LogP contribution in [-0.2, 0) is 0 Å². The molecule has 6 heteroatoms. The van der Waals surface area contributed by atoms with Crippen LogP contribution in [-0.4, -0.2) is 4.37 Å². The van der Waals surface area contributed by atoms with Crippen LogP contribution in [0.2, 0.25) is 0 Å². The van der Waals surface area contributed by atoms with E-state index in [2.05, 4.69) is 30.3 Å². The van der Waals surface area contributed by atoms with Crippen molar-refractivity contribution in [3.05, 3.63) is 33.1 Å². The van der Waals surface area contributed by atoms with Gasteiger partial charge in [0, 0.05) is 14.8 Å². The summed E-state index contributed by atoms with van der Waals surface area (Å²) in [4.78, 5) is 2.73. The van der Waals surface area contributed by atoms with Gasteiger partial charge in [-0.1, -0.05) is 22.0 Å². The summed E-state index contributed by atoms with van der Waals surface area (Å²) in [5.41, 5.74) is 9.13. The van der Waals surface area contributed by atoms with Gasteiger partial charge in [-0.15, -0.1) is 0 Å². The number of hydrogen-bond donors (Lipinski definition) is 0. The third kappa shape index (κ3) is 1.51. The van der Waals surface area contributed by atoms with Gasteiger partial charge >= 0.3 is 0 Å². The Bertz CT molecular complexity index is 500. The molecule has 1 aromatic heterocycles. The van der Waals surface area contributed by atoms with Gasteiger partial charge in [0.25, 0.3) is 0 Å². The van der Waals surface area contributed by atoms with Crippen LogP contribution in [0.4, 0.5) is 5.00 Å². The zero-order valence-electron chi connectivity index (χ0n) is 6.31. The van der Waals surface area contributed by atoms with E-state index in [1.807, 2.05) is 18.2 Å². The second-order valence-corrected chi connectivity index (χ2v) is 4.01. The first-order valence-electron chi connectivity index (χ1n) is 3.41. The summed E-state index contributed by atoms with van der Waals surface area (Å²) in [5, 5.41) is 5.06. The van der Waals surface area contributed by atoms with Crippen molar-refractivity contribution >= 4 is 43.4 Å². The molecule has 0 N–H and O–H groups in total. The number of hydrogen-bond acceptors (Lipinski definition) is 3. The number of fused-ring (bicyclic) bond motifs is 1. The number of rotatable bonds is 1. The fraction of sp³-hybridized carbons (Fsp3) is 0. The number of benzene rings is 1. The number of aromatic nitrogens is 1. The van der Waals surface area contributed by atoms with Gasteiger partial charge in [-0.25, -0.2) is 0 Å². The normalized spacial score (nSPS) is 9.92. The van der Waals surface area contributed by atoms with E-state index in [1.54, 1.807) is 0 Å². The summed E-state index contributed by atoms with van der Waals surface area (Å²) in [6.07, 6.45) is 0. The summed E-state index contributed by atoms with van der Waals surface area (Å²) >= 11 is 4.55. The molecule has 13 heavy (non-hydrogen) atoms. The lowest BCUT2D eigenvalue weighted by molar-refractivity contribution is 1.58. The molecule has 0 atom stereocenters. The highest BCUT2D eigenvalue weighted by Crippen LogP contribution is 2.31. The fourth-order valence-corrected chi connectivity index (χ4v) is 2.04. The summed E-state index contributed by atoms with van der Waals surface area (Å²) in [6.45, 7) is 0. The van der Waals surface area contributed by atoms with Crippen molar-refractivity contribution < 1.29 is 0 Å². The first kappa shape index (κ1) is 8.50. The molecule has 0 unspecified atom stereocenters. The maximum absolute atomic E-state index is 8.28. The molecular weight excluding hydrogens is 252 g/mol. The molecule has 0 aliphatic heterocycles. The highest BCUT2D eigenvalue weighted by molar-refractivity contribution is 9.10. The molecule has 0 aliphatic carbocycles. The Balaban J connectivity index is 2.75. The molecule has 0 aliphatic rings. The molecule has 0 saturated carbocycles. The van der Waals surface area contributed by atoms with Crippen LogP contribution in [0.3, 0.4) is 0 Å². The molecule has 0 fully saturated rings. The molecule has 0 radical (unpaired) electrons. The predicted molar refractivity (Wildman–Crippen MR) is 56.1 cm³/mol. The first-order chi connectivity index (χ1) is 6.31. The van der Waals surface area contributed by atoms with E-state index in [0.717, 1.165) is 15.4 Å². The smallest absolute Gasteiger partial charge is 0.119 e. The molecule has 1 aromatic carbocycles. The molecule has 4 nitrogen and oxygen atoms in total. The van der Waals surface area contributed by atoms with Gasteiger partial charge in [0.1, 0.15) is 5.00 Å². The monoisotopic (exact) mass is 254 g/mol. The lowest BCUT2D eigenvalue weighted by Crippen LogP contribution is -1.66. The van der Waals surface area contributed by atoms with E-state index in [-0.39, 0.29) is 0 Å². The van der Waals surface area contributed by atoms with Crippen LogP contribution < -0.4 is 0 Å². The molecule has 1 heterocycles. The van der Waals surface area contributed by atoms with Gasteiger partial charge in [0.15, 0.2) is 0 Å². The van der Waals surface area contributed by atoms with Crippen molar-refractivity contribution in [2.75, 3.05) is 0 Å².